The van der Waals surface area contributed by atoms with Crippen LogP contribution in [-0.4, -0.2) is 22.3 Å². The Balaban J connectivity index is 4.86. The highest BCUT2D eigenvalue weighted by Gasteiger charge is 2.36. The van der Waals surface area contributed by atoms with E-state index in [-0.39, 0.29) is 5.54 Å². The van der Waals surface area contributed by atoms with Gasteiger partial charge in [0, 0.05) is 6.42 Å². The molecule has 0 aromatic heterocycles. The lowest BCUT2D eigenvalue weighted by atomic mass is 9.90. The second-order valence-electron chi connectivity index (χ2n) is 7.97. The van der Waals surface area contributed by atoms with Crippen LogP contribution >= 0.6 is 0 Å². The summed E-state index contributed by atoms with van der Waals surface area (Å²) in [6.45, 7) is 17.1. The molecule has 5 heteroatoms. The van der Waals surface area contributed by atoms with Crippen LogP contribution in [0.25, 0.3) is 0 Å². The van der Waals surface area contributed by atoms with E-state index in [4.69, 9.17) is 9.78 Å². The molecule has 0 aliphatic heterocycles. The van der Waals surface area contributed by atoms with E-state index >= 15 is 0 Å². The molecule has 0 bridgehead atoms. The van der Waals surface area contributed by atoms with E-state index in [9.17, 15) is 5.26 Å². The van der Waals surface area contributed by atoms with Gasteiger partial charge in [0.25, 0.3) is 0 Å². The Morgan fingerprint density at radius 1 is 0.850 bits per heavy atom. The zero-order valence-electron chi connectivity index (χ0n) is 14.4. The summed E-state index contributed by atoms with van der Waals surface area (Å²) in [7, 11) is 0. The molecule has 0 amide bonds. The Morgan fingerprint density at radius 3 is 1.70 bits per heavy atom. The van der Waals surface area contributed by atoms with Gasteiger partial charge in [-0.05, 0) is 62.3 Å². The first kappa shape index (κ1) is 19.0. The Labute approximate surface area is 123 Å². The molecule has 0 saturated heterocycles. The summed E-state index contributed by atoms with van der Waals surface area (Å²) in [5.74, 6) is 0. The maximum absolute atomic E-state index is 9.37. The molecule has 0 radical (unpaired) electrons. The van der Waals surface area contributed by atoms with Crippen molar-refractivity contribution in [2.24, 2.45) is 10.2 Å². The van der Waals surface area contributed by atoms with Crippen molar-refractivity contribution >= 4 is 0 Å². The van der Waals surface area contributed by atoms with E-state index in [0.717, 1.165) is 0 Å². The van der Waals surface area contributed by atoms with Crippen LogP contribution in [0, 0.1) is 11.3 Å². The smallest absolute Gasteiger partial charge is 0.167 e. The molecular weight excluding hydrogens is 254 g/mol. The van der Waals surface area contributed by atoms with Crippen molar-refractivity contribution in [2.75, 3.05) is 0 Å². The van der Waals surface area contributed by atoms with E-state index < -0.39 is 16.7 Å². The van der Waals surface area contributed by atoms with E-state index in [1.807, 2.05) is 55.4 Å². The lowest BCUT2D eigenvalue weighted by Gasteiger charge is -2.32. The fourth-order valence-corrected chi connectivity index (χ4v) is 1.45. The van der Waals surface area contributed by atoms with Crippen molar-refractivity contribution in [2.45, 2.75) is 91.0 Å². The van der Waals surface area contributed by atoms with Crippen LogP contribution in [0.15, 0.2) is 10.2 Å². The molecule has 0 fully saturated rings. The number of rotatable bonds is 5. The van der Waals surface area contributed by atoms with E-state index in [1.54, 1.807) is 6.92 Å². The number of hydrogen-bond donors (Lipinski definition) is 0. The Kier molecular flexibility index (Phi) is 5.89. The molecule has 0 rings (SSSR count). The summed E-state index contributed by atoms with van der Waals surface area (Å²) < 4.78 is 0. The van der Waals surface area contributed by atoms with Gasteiger partial charge in [0.15, 0.2) is 5.54 Å². The van der Waals surface area contributed by atoms with Crippen LogP contribution in [0.2, 0.25) is 0 Å². The quantitative estimate of drug-likeness (QED) is 0.425. The minimum absolute atomic E-state index is 0.301. The maximum atomic E-state index is 9.37. The van der Waals surface area contributed by atoms with E-state index in [1.165, 1.54) is 0 Å². The maximum Gasteiger partial charge on any atom is 0.167 e. The van der Waals surface area contributed by atoms with Gasteiger partial charge >= 0.3 is 0 Å². The summed E-state index contributed by atoms with van der Waals surface area (Å²) >= 11 is 0. The number of hydrogen-bond acceptors (Lipinski definition) is 5. The predicted octanol–water partition coefficient (Wildman–Crippen LogP) is 4.43. The Hall–Kier alpha value is -0.990. The molecule has 0 heterocycles. The van der Waals surface area contributed by atoms with Crippen molar-refractivity contribution in [3.63, 3.8) is 0 Å². The van der Waals surface area contributed by atoms with Crippen LogP contribution in [0.4, 0.5) is 0 Å². The Bertz CT molecular complexity index is 383. The van der Waals surface area contributed by atoms with Crippen molar-refractivity contribution in [1.82, 2.24) is 0 Å². The second-order valence-corrected chi connectivity index (χ2v) is 7.97. The fourth-order valence-electron chi connectivity index (χ4n) is 1.45. The highest BCUT2D eigenvalue weighted by Crippen LogP contribution is 2.29. The predicted molar refractivity (Wildman–Crippen MR) is 79.2 cm³/mol. The number of nitrogens with zero attached hydrogens (tertiary/aromatic N) is 3. The molecule has 5 nitrogen and oxygen atoms in total. The normalized spacial score (nSPS) is 17.0. The lowest BCUT2D eigenvalue weighted by molar-refractivity contribution is -0.399. The lowest BCUT2D eigenvalue weighted by Crippen LogP contribution is -2.37. The summed E-state index contributed by atoms with van der Waals surface area (Å²) in [6, 6.07) is 2.21. The monoisotopic (exact) mass is 283 g/mol. The van der Waals surface area contributed by atoms with Crippen molar-refractivity contribution in [3.05, 3.63) is 0 Å². The number of azo groups is 1. The third kappa shape index (κ3) is 9.00. The molecule has 1 unspecified atom stereocenters. The molecule has 0 aliphatic carbocycles. The van der Waals surface area contributed by atoms with E-state index in [0.29, 0.717) is 6.42 Å². The van der Waals surface area contributed by atoms with Gasteiger partial charge in [-0.15, -0.1) is 0 Å². The van der Waals surface area contributed by atoms with Gasteiger partial charge < -0.3 is 0 Å². The molecule has 0 aromatic carbocycles. The zero-order chi connectivity index (χ0) is 16.2. The SMILES string of the molecule is CC(C)(C)/N=N/C(C)(C#N)CC(C)(C)OOC(C)(C)C. The number of nitriles is 1. The average Bonchev–Trinajstić information content (AvgIpc) is 2.22. The van der Waals surface area contributed by atoms with Crippen LogP contribution in [0.1, 0.15) is 68.7 Å². The van der Waals surface area contributed by atoms with Crippen molar-refractivity contribution in [1.29, 1.82) is 5.26 Å². The zero-order valence-corrected chi connectivity index (χ0v) is 14.4. The van der Waals surface area contributed by atoms with E-state index in [2.05, 4.69) is 16.3 Å². The van der Waals surface area contributed by atoms with Crippen LogP contribution < -0.4 is 0 Å². The molecule has 0 saturated carbocycles. The van der Waals surface area contributed by atoms with Gasteiger partial charge in [-0.1, -0.05) is 0 Å². The van der Waals surface area contributed by atoms with Crippen LogP contribution in [0.3, 0.4) is 0 Å². The van der Waals surface area contributed by atoms with Crippen molar-refractivity contribution in [3.8, 4) is 6.07 Å². The topological polar surface area (TPSA) is 67.0 Å². The van der Waals surface area contributed by atoms with Gasteiger partial charge in [-0.3, -0.25) is 0 Å². The minimum atomic E-state index is -0.933. The van der Waals surface area contributed by atoms with Gasteiger partial charge in [0.1, 0.15) is 5.60 Å². The average molecular weight is 283 g/mol. The third-order valence-corrected chi connectivity index (χ3v) is 2.10. The third-order valence-electron chi connectivity index (χ3n) is 2.10. The first-order valence-corrected chi connectivity index (χ1v) is 6.90. The molecule has 0 spiro atoms. The molecule has 1 atom stereocenters. The summed E-state index contributed by atoms with van der Waals surface area (Å²) in [4.78, 5) is 10.8. The Morgan fingerprint density at radius 2 is 1.35 bits per heavy atom. The van der Waals surface area contributed by atoms with Gasteiger partial charge in [-0.25, -0.2) is 9.78 Å². The van der Waals surface area contributed by atoms with Gasteiger partial charge in [0.2, 0.25) is 0 Å². The summed E-state index contributed by atoms with van der Waals surface area (Å²) in [5, 5.41) is 17.8. The molecule has 20 heavy (non-hydrogen) atoms. The first-order valence-electron chi connectivity index (χ1n) is 6.90. The second kappa shape index (κ2) is 6.19. The van der Waals surface area contributed by atoms with Crippen molar-refractivity contribution < 1.29 is 9.78 Å². The largest absolute Gasteiger partial charge is 0.230 e. The van der Waals surface area contributed by atoms with Gasteiger partial charge in [0.05, 0.1) is 17.2 Å². The summed E-state index contributed by atoms with van der Waals surface area (Å²) in [6.07, 6.45) is 0.395. The summed E-state index contributed by atoms with van der Waals surface area (Å²) in [5.41, 5.74) is -2.26. The fraction of sp³-hybridized carbons (Fsp3) is 0.933. The molecule has 0 N–H and O–H groups in total. The molecule has 0 aliphatic rings. The minimum Gasteiger partial charge on any atom is -0.230 e. The highest BCUT2D eigenvalue weighted by molar-refractivity contribution is 5.06. The first-order chi connectivity index (χ1) is 8.68. The highest BCUT2D eigenvalue weighted by atomic mass is 17.2. The standard InChI is InChI=1S/C15H29N3O2/c1-12(2,3)17-18-15(9,11-16)10-14(7,8)20-19-13(4,5)6/h10H2,1-9H3/b18-17+. The van der Waals surface area contributed by atoms with Crippen LogP contribution in [0.5, 0.6) is 0 Å². The van der Waals surface area contributed by atoms with Gasteiger partial charge in [-0.2, -0.15) is 15.5 Å². The molecule has 116 valence electrons. The molecule has 0 aromatic rings. The van der Waals surface area contributed by atoms with Crippen LogP contribution in [-0.2, 0) is 9.78 Å². The molecular formula is C15H29N3O2.